The molecule has 2 nitrogen and oxygen atoms in total. The Morgan fingerprint density at radius 3 is 2.75 bits per heavy atom. The lowest BCUT2D eigenvalue weighted by Gasteiger charge is -2.12. The zero-order chi connectivity index (χ0) is 8.97. The maximum Gasteiger partial charge on any atom is 0.0528 e. The van der Waals surface area contributed by atoms with Crippen molar-refractivity contribution in [1.82, 2.24) is 4.98 Å². The summed E-state index contributed by atoms with van der Waals surface area (Å²) in [5, 5.41) is 3.36. The standard InChI is InChI=1S/C10H16N2/c1-4-8(2)12-10-6-5-9(3)11-7-10/h5-8,12H,4H2,1-3H3/t8-/m1/s1. The number of anilines is 1. The van der Waals surface area contributed by atoms with E-state index in [1.54, 1.807) is 0 Å². The van der Waals surface area contributed by atoms with Crippen LogP contribution in [0.15, 0.2) is 18.3 Å². The van der Waals surface area contributed by atoms with Crippen LogP contribution in [0.2, 0.25) is 0 Å². The molecular formula is C10H16N2. The lowest BCUT2D eigenvalue weighted by Crippen LogP contribution is -2.13. The zero-order valence-electron chi connectivity index (χ0n) is 7.96. The number of hydrogen-bond donors (Lipinski definition) is 1. The van der Waals surface area contributed by atoms with E-state index in [1.807, 2.05) is 19.2 Å². The van der Waals surface area contributed by atoms with Gasteiger partial charge >= 0.3 is 0 Å². The van der Waals surface area contributed by atoms with Gasteiger partial charge in [-0.1, -0.05) is 6.92 Å². The highest BCUT2D eigenvalue weighted by Gasteiger charge is 1.97. The molecule has 0 fully saturated rings. The maximum absolute atomic E-state index is 4.20. The fraction of sp³-hybridized carbons (Fsp3) is 0.500. The third kappa shape index (κ3) is 2.53. The minimum atomic E-state index is 0.523. The van der Waals surface area contributed by atoms with Crippen molar-refractivity contribution in [3.05, 3.63) is 24.0 Å². The molecule has 0 unspecified atom stereocenters. The Labute approximate surface area is 74.0 Å². The van der Waals surface area contributed by atoms with Gasteiger partial charge in [0, 0.05) is 11.7 Å². The van der Waals surface area contributed by atoms with Gasteiger partial charge in [0.2, 0.25) is 0 Å². The molecule has 12 heavy (non-hydrogen) atoms. The molecule has 0 radical (unpaired) electrons. The number of hydrogen-bond acceptors (Lipinski definition) is 2. The highest BCUT2D eigenvalue weighted by molar-refractivity contribution is 5.41. The minimum Gasteiger partial charge on any atom is -0.381 e. The molecule has 0 aromatic carbocycles. The number of rotatable bonds is 3. The van der Waals surface area contributed by atoms with Crippen molar-refractivity contribution in [2.45, 2.75) is 33.2 Å². The van der Waals surface area contributed by atoms with Crippen LogP contribution in [0.5, 0.6) is 0 Å². The summed E-state index contributed by atoms with van der Waals surface area (Å²) in [6.07, 6.45) is 3.01. The monoisotopic (exact) mass is 164 g/mol. The van der Waals surface area contributed by atoms with Crippen molar-refractivity contribution in [1.29, 1.82) is 0 Å². The van der Waals surface area contributed by atoms with Crippen LogP contribution >= 0.6 is 0 Å². The van der Waals surface area contributed by atoms with Crippen LogP contribution in [0.1, 0.15) is 26.0 Å². The second kappa shape index (κ2) is 4.10. The molecular weight excluding hydrogens is 148 g/mol. The van der Waals surface area contributed by atoms with Gasteiger partial charge in [-0.2, -0.15) is 0 Å². The van der Waals surface area contributed by atoms with E-state index in [4.69, 9.17) is 0 Å². The Bertz CT molecular complexity index is 228. The second-order valence-electron chi connectivity index (χ2n) is 3.14. The van der Waals surface area contributed by atoms with Gasteiger partial charge in [0.1, 0.15) is 0 Å². The van der Waals surface area contributed by atoms with E-state index in [1.165, 1.54) is 0 Å². The van der Waals surface area contributed by atoms with Crippen molar-refractivity contribution in [3.63, 3.8) is 0 Å². The summed E-state index contributed by atoms with van der Waals surface area (Å²) < 4.78 is 0. The summed E-state index contributed by atoms with van der Waals surface area (Å²) >= 11 is 0. The predicted molar refractivity (Wildman–Crippen MR) is 52.3 cm³/mol. The zero-order valence-corrected chi connectivity index (χ0v) is 7.96. The molecule has 0 saturated heterocycles. The van der Waals surface area contributed by atoms with Crippen LogP contribution in [0.3, 0.4) is 0 Å². The summed E-state index contributed by atoms with van der Waals surface area (Å²) in [7, 11) is 0. The SMILES string of the molecule is CC[C@@H](C)Nc1ccc(C)nc1. The van der Waals surface area contributed by atoms with Crippen molar-refractivity contribution in [2.24, 2.45) is 0 Å². The molecule has 1 atom stereocenters. The highest BCUT2D eigenvalue weighted by Crippen LogP contribution is 2.07. The van der Waals surface area contributed by atoms with E-state index in [9.17, 15) is 0 Å². The van der Waals surface area contributed by atoms with Crippen LogP contribution in [0, 0.1) is 6.92 Å². The Morgan fingerprint density at radius 1 is 1.50 bits per heavy atom. The van der Waals surface area contributed by atoms with E-state index in [2.05, 4.69) is 30.2 Å². The van der Waals surface area contributed by atoms with Crippen LogP contribution in [-0.2, 0) is 0 Å². The van der Waals surface area contributed by atoms with E-state index >= 15 is 0 Å². The molecule has 0 bridgehead atoms. The van der Waals surface area contributed by atoms with Crippen molar-refractivity contribution >= 4 is 5.69 Å². The van der Waals surface area contributed by atoms with E-state index in [0.717, 1.165) is 17.8 Å². The van der Waals surface area contributed by atoms with E-state index in [-0.39, 0.29) is 0 Å². The molecule has 1 aromatic heterocycles. The smallest absolute Gasteiger partial charge is 0.0528 e. The molecule has 1 rings (SSSR count). The normalized spacial score (nSPS) is 12.6. The minimum absolute atomic E-state index is 0.523. The lowest BCUT2D eigenvalue weighted by atomic mass is 10.2. The largest absolute Gasteiger partial charge is 0.381 e. The number of pyridine rings is 1. The van der Waals surface area contributed by atoms with Gasteiger partial charge in [0.25, 0.3) is 0 Å². The van der Waals surface area contributed by atoms with Crippen molar-refractivity contribution < 1.29 is 0 Å². The van der Waals surface area contributed by atoms with Gasteiger partial charge in [0.15, 0.2) is 0 Å². The van der Waals surface area contributed by atoms with E-state index < -0.39 is 0 Å². The molecule has 0 aliphatic rings. The molecule has 0 aliphatic carbocycles. The van der Waals surface area contributed by atoms with Gasteiger partial charge < -0.3 is 5.32 Å². The average molecular weight is 164 g/mol. The molecule has 1 N–H and O–H groups in total. The molecule has 0 spiro atoms. The summed E-state index contributed by atoms with van der Waals surface area (Å²) in [5.74, 6) is 0. The Kier molecular flexibility index (Phi) is 3.09. The third-order valence-corrected chi connectivity index (χ3v) is 1.94. The van der Waals surface area contributed by atoms with Crippen molar-refractivity contribution in [2.75, 3.05) is 5.32 Å². The Morgan fingerprint density at radius 2 is 2.25 bits per heavy atom. The molecule has 0 aliphatic heterocycles. The fourth-order valence-corrected chi connectivity index (χ4v) is 0.940. The second-order valence-corrected chi connectivity index (χ2v) is 3.14. The van der Waals surface area contributed by atoms with Crippen LogP contribution in [0.25, 0.3) is 0 Å². The first-order valence-corrected chi connectivity index (χ1v) is 4.41. The molecule has 66 valence electrons. The van der Waals surface area contributed by atoms with Gasteiger partial charge in [-0.15, -0.1) is 0 Å². The third-order valence-electron chi connectivity index (χ3n) is 1.94. The first-order chi connectivity index (χ1) is 5.72. The first-order valence-electron chi connectivity index (χ1n) is 4.41. The first kappa shape index (κ1) is 9.04. The number of aromatic nitrogens is 1. The number of aryl methyl sites for hydroxylation is 1. The van der Waals surface area contributed by atoms with Crippen LogP contribution in [0.4, 0.5) is 5.69 Å². The summed E-state index contributed by atoms with van der Waals surface area (Å²) in [6, 6.07) is 4.61. The van der Waals surface area contributed by atoms with Crippen LogP contribution in [-0.4, -0.2) is 11.0 Å². The molecule has 0 amide bonds. The topological polar surface area (TPSA) is 24.9 Å². The summed E-state index contributed by atoms with van der Waals surface area (Å²) in [5.41, 5.74) is 2.17. The fourth-order valence-electron chi connectivity index (χ4n) is 0.940. The average Bonchev–Trinajstić information content (AvgIpc) is 2.09. The highest BCUT2D eigenvalue weighted by atomic mass is 14.9. The summed E-state index contributed by atoms with van der Waals surface area (Å²) in [4.78, 5) is 4.20. The molecule has 1 heterocycles. The Balaban J connectivity index is 2.58. The Hall–Kier alpha value is -1.05. The van der Waals surface area contributed by atoms with Gasteiger partial charge in [-0.25, -0.2) is 0 Å². The summed E-state index contributed by atoms with van der Waals surface area (Å²) in [6.45, 7) is 6.33. The number of nitrogens with zero attached hydrogens (tertiary/aromatic N) is 1. The van der Waals surface area contributed by atoms with Gasteiger partial charge in [-0.3, -0.25) is 4.98 Å². The quantitative estimate of drug-likeness (QED) is 0.742. The predicted octanol–water partition coefficient (Wildman–Crippen LogP) is 2.60. The van der Waals surface area contributed by atoms with Gasteiger partial charge in [0.05, 0.1) is 11.9 Å². The molecule has 2 heteroatoms. The lowest BCUT2D eigenvalue weighted by molar-refractivity contribution is 0.763. The van der Waals surface area contributed by atoms with E-state index in [0.29, 0.717) is 6.04 Å². The maximum atomic E-state index is 4.20. The van der Waals surface area contributed by atoms with Crippen molar-refractivity contribution in [3.8, 4) is 0 Å². The van der Waals surface area contributed by atoms with Gasteiger partial charge in [-0.05, 0) is 32.4 Å². The number of nitrogens with one attached hydrogen (secondary N) is 1. The van der Waals surface area contributed by atoms with Crippen LogP contribution < -0.4 is 5.32 Å². The molecule has 0 saturated carbocycles. The molecule has 1 aromatic rings.